The van der Waals surface area contributed by atoms with Gasteiger partial charge in [-0.2, -0.15) is 0 Å². The summed E-state index contributed by atoms with van der Waals surface area (Å²) in [7, 11) is 0. The number of hydrogen-bond donors (Lipinski definition) is 2. The zero-order chi connectivity index (χ0) is 14.8. The second-order valence-corrected chi connectivity index (χ2v) is 6.90. The molecule has 1 saturated carbocycles. The van der Waals surface area contributed by atoms with Gasteiger partial charge in [-0.15, -0.1) is 0 Å². The number of likely N-dealkylation sites (tertiary alicyclic amines) is 1. The number of carbonyl (C=O) groups is 2. The van der Waals surface area contributed by atoms with Gasteiger partial charge in [0, 0.05) is 31.1 Å². The van der Waals surface area contributed by atoms with Crippen LogP contribution in [-0.4, -0.2) is 48.4 Å². The molecule has 0 bridgehead atoms. The minimum atomic E-state index is -0.0180. The van der Waals surface area contributed by atoms with E-state index in [-0.39, 0.29) is 29.7 Å². The molecule has 3 aliphatic rings. The van der Waals surface area contributed by atoms with Crippen molar-refractivity contribution in [2.45, 2.75) is 57.5 Å². The fourth-order valence-corrected chi connectivity index (χ4v) is 3.52. The van der Waals surface area contributed by atoms with Crippen LogP contribution in [0.3, 0.4) is 0 Å². The summed E-state index contributed by atoms with van der Waals surface area (Å²) in [5, 5.41) is 6.61. The molecule has 0 spiro atoms. The van der Waals surface area contributed by atoms with E-state index in [1.807, 2.05) is 4.90 Å². The van der Waals surface area contributed by atoms with Crippen LogP contribution in [0.4, 0.5) is 0 Å². The maximum absolute atomic E-state index is 12.5. The van der Waals surface area contributed by atoms with Crippen LogP contribution in [-0.2, 0) is 9.59 Å². The molecule has 2 amide bonds. The lowest BCUT2D eigenvalue weighted by Crippen LogP contribution is -2.54. The molecular weight excluding hydrogens is 266 g/mol. The molecule has 0 aromatic carbocycles. The lowest BCUT2D eigenvalue weighted by Gasteiger charge is -2.35. The molecule has 2 heterocycles. The summed E-state index contributed by atoms with van der Waals surface area (Å²) < 4.78 is 0. The fraction of sp³-hybridized carbons (Fsp3) is 0.875. The zero-order valence-corrected chi connectivity index (χ0v) is 12.9. The monoisotopic (exact) mass is 293 g/mol. The summed E-state index contributed by atoms with van der Waals surface area (Å²) in [6.07, 6.45) is 6.11. The summed E-state index contributed by atoms with van der Waals surface area (Å²) in [6, 6.07) is 0.580. The predicted octanol–water partition coefficient (Wildman–Crippen LogP) is 0.892. The molecule has 3 unspecified atom stereocenters. The van der Waals surface area contributed by atoms with Crippen molar-refractivity contribution in [3.05, 3.63) is 0 Å². The van der Waals surface area contributed by atoms with Crippen LogP contribution >= 0.6 is 0 Å². The Morgan fingerprint density at radius 2 is 1.90 bits per heavy atom. The van der Waals surface area contributed by atoms with Crippen LogP contribution < -0.4 is 10.6 Å². The highest BCUT2D eigenvalue weighted by atomic mass is 16.2. The van der Waals surface area contributed by atoms with Gasteiger partial charge in [0.15, 0.2) is 0 Å². The lowest BCUT2D eigenvalue weighted by molar-refractivity contribution is -0.137. The Kier molecular flexibility index (Phi) is 4.48. The van der Waals surface area contributed by atoms with Crippen molar-refractivity contribution in [1.82, 2.24) is 15.5 Å². The average molecular weight is 293 g/mol. The number of nitrogens with one attached hydrogen (secondary N) is 2. The first-order valence-electron chi connectivity index (χ1n) is 8.47. The first-order valence-corrected chi connectivity index (χ1v) is 8.47. The molecule has 0 aromatic heterocycles. The smallest absolute Gasteiger partial charge is 0.225 e. The second kappa shape index (κ2) is 6.34. The third kappa shape index (κ3) is 3.57. The minimum Gasteiger partial charge on any atom is -0.352 e. The van der Waals surface area contributed by atoms with E-state index in [1.54, 1.807) is 0 Å². The number of hydrogen-bond acceptors (Lipinski definition) is 3. The molecule has 0 aromatic rings. The maximum atomic E-state index is 12.5. The largest absolute Gasteiger partial charge is 0.352 e. The van der Waals surface area contributed by atoms with E-state index in [9.17, 15) is 9.59 Å². The highest BCUT2D eigenvalue weighted by molar-refractivity contribution is 5.83. The van der Waals surface area contributed by atoms with Gasteiger partial charge < -0.3 is 15.5 Å². The quantitative estimate of drug-likeness (QED) is 0.812. The van der Waals surface area contributed by atoms with E-state index in [1.165, 1.54) is 0 Å². The first-order chi connectivity index (χ1) is 10.1. The molecule has 2 aliphatic heterocycles. The van der Waals surface area contributed by atoms with E-state index in [0.29, 0.717) is 12.6 Å². The predicted molar refractivity (Wildman–Crippen MR) is 80.7 cm³/mol. The highest BCUT2D eigenvalue weighted by Crippen LogP contribution is 2.32. The van der Waals surface area contributed by atoms with Gasteiger partial charge in [-0.05, 0) is 52.0 Å². The molecule has 5 nitrogen and oxygen atoms in total. The van der Waals surface area contributed by atoms with E-state index in [0.717, 1.165) is 51.6 Å². The standard InChI is InChI=1S/C16H27N3O2/c1-11-14(5-2-8-17-11)18-15(20)13-4-3-9-19(10-13)16(21)12-6-7-12/h11-14,17H,2-10H2,1H3,(H,18,20). The van der Waals surface area contributed by atoms with Crippen LogP contribution in [0.2, 0.25) is 0 Å². The Bertz CT molecular complexity index is 408. The van der Waals surface area contributed by atoms with Crippen molar-refractivity contribution < 1.29 is 9.59 Å². The Hall–Kier alpha value is -1.10. The number of nitrogens with zero attached hydrogens (tertiary/aromatic N) is 1. The van der Waals surface area contributed by atoms with Gasteiger partial charge in [-0.25, -0.2) is 0 Å². The van der Waals surface area contributed by atoms with Crippen molar-refractivity contribution in [3.63, 3.8) is 0 Å². The first kappa shape index (κ1) is 14.8. The van der Waals surface area contributed by atoms with Gasteiger partial charge in [0.2, 0.25) is 11.8 Å². The van der Waals surface area contributed by atoms with Crippen molar-refractivity contribution >= 4 is 11.8 Å². The van der Waals surface area contributed by atoms with E-state index >= 15 is 0 Å². The van der Waals surface area contributed by atoms with Gasteiger partial charge >= 0.3 is 0 Å². The van der Waals surface area contributed by atoms with Gasteiger partial charge in [0.1, 0.15) is 0 Å². The normalized spacial score (nSPS) is 33.6. The van der Waals surface area contributed by atoms with E-state index in [4.69, 9.17) is 0 Å². The van der Waals surface area contributed by atoms with Gasteiger partial charge in [0.05, 0.1) is 5.92 Å². The SMILES string of the molecule is CC1NCCCC1NC(=O)C1CCCN(C(=O)C2CC2)C1. The Morgan fingerprint density at radius 1 is 1.10 bits per heavy atom. The second-order valence-electron chi connectivity index (χ2n) is 6.90. The molecule has 1 aliphatic carbocycles. The van der Waals surface area contributed by atoms with Crippen LogP contribution in [0.5, 0.6) is 0 Å². The zero-order valence-electron chi connectivity index (χ0n) is 12.9. The maximum Gasteiger partial charge on any atom is 0.225 e. The fourth-order valence-electron chi connectivity index (χ4n) is 3.52. The molecule has 2 saturated heterocycles. The lowest BCUT2D eigenvalue weighted by atomic mass is 9.94. The van der Waals surface area contributed by atoms with Crippen molar-refractivity contribution in [2.24, 2.45) is 11.8 Å². The highest BCUT2D eigenvalue weighted by Gasteiger charge is 2.37. The van der Waals surface area contributed by atoms with E-state index in [2.05, 4.69) is 17.6 Å². The molecule has 3 fully saturated rings. The van der Waals surface area contributed by atoms with Crippen LogP contribution in [0.15, 0.2) is 0 Å². The van der Waals surface area contributed by atoms with Gasteiger partial charge in [0.25, 0.3) is 0 Å². The Balaban J connectivity index is 1.52. The topological polar surface area (TPSA) is 61.4 Å². The molecule has 2 N–H and O–H groups in total. The average Bonchev–Trinajstić information content (AvgIpc) is 3.34. The van der Waals surface area contributed by atoms with Crippen LogP contribution in [0.25, 0.3) is 0 Å². The summed E-state index contributed by atoms with van der Waals surface area (Å²) in [4.78, 5) is 26.6. The summed E-state index contributed by atoms with van der Waals surface area (Å²) in [5.41, 5.74) is 0. The van der Waals surface area contributed by atoms with Crippen LogP contribution in [0.1, 0.15) is 45.4 Å². The number of carbonyl (C=O) groups excluding carboxylic acids is 2. The molecule has 21 heavy (non-hydrogen) atoms. The molecular formula is C16H27N3O2. The van der Waals surface area contributed by atoms with Crippen molar-refractivity contribution in [3.8, 4) is 0 Å². The van der Waals surface area contributed by atoms with Crippen molar-refractivity contribution in [2.75, 3.05) is 19.6 Å². The third-order valence-corrected chi connectivity index (χ3v) is 5.12. The molecule has 3 rings (SSSR count). The Morgan fingerprint density at radius 3 is 2.62 bits per heavy atom. The number of amides is 2. The van der Waals surface area contributed by atoms with Crippen molar-refractivity contribution in [1.29, 1.82) is 0 Å². The molecule has 118 valence electrons. The molecule has 3 atom stereocenters. The van der Waals surface area contributed by atoms with Crippen LogP contribution in [0, 0.1) is 11.8 Å². The van der Waals surface area contributed by atoms with E-state index < -0.39 is 0 Å². The van der Waals surface area contributed by atoms with Gasteiger partial charge in [-0.3, -0.25) is 9.59 Å². The number of piperidine rings is 2. The van der Waals surface area contributed by atoms with Gasteiger partial charge in [-0.1, -0.05) is 0 Å². The Labute approximate surface area is 126 Å². The summed E-state index contributed by atoms with van der Waals surface area (Å²) in [6.45, 7) is 4.63. The summed E-state index contributed by atoms with van der Waals surface area (Å²) >= 11 is 0. The minimum absolute atomic E-state index is 0.0180. The third-order valence-electron chi connectivity index (χ3n) is 5.12. The molecule has 0 radical (unpaired) electrons. The molecule has 5 heteroatoms. The number of rotatable bonds is 3. The summed E-state index contributed by atoms with van der Waals surface area (Å²) in [5.74, 6) is 0.661.